The average molecular weight is 319 g/mol. The largest absolute Gasteiger partial charge is 0.451 e. The Morgan fingerprint density at radius 1 is 1.20 bits per heavy atom. The van der Waals surface area contributed by atoms with Gasteiger partial charge in [-0.15, -0.1) is 11.8 Å². The molecule has 0 aliphatic carbocycles. The zero-order valence-corrected chi connectivity index (χ0v) is 12.0. The van der Waals surface area contributed by atoms with Gasteiger partial charge in [-0.05, 0) is 18.1 Å². The smallest absolute Gasteiger partial charge is 0.218 e. The van der Waals surface area contributed by atoms with Crippen LogP contribution in [0.2, 0.25) is 5.15 Å². The lowest BCUT2D eigenvalue weighted by molar-refractivity contribution is -0.145. The van der Waals surface area contributed by atoms with Crippen LogP contribution in [0.4, 0.5) is 13.2 Å². The lowest BCUT2D eigenvalue weighted by Crippen LogP contribution is -2.11. The summed E-state index contributed by atoms with van der Waals surface area (Å²) in [4.78, 5) is 6.69. The third-order valence-corrected chi connectivity index (χ3v) is 3.72. The predicted octanol–water partition coefficient (Wildman–Crippen LogP) is 4.75. The van der Waals surface area contributed by atoms with Crippen molar-refractivity contribution in [1.82, 2.24) is 9.97 Å². The fourth-order valence-corrected chi connectivity index (χ4v) is 2.74. The van der Waals surface area contributed by atoms with Gasteiger partial charge in [-0.25, -0.2) is 9.97 Å². The molecule has 106 valence electrons. The van der Waals surface area contributed by atoms with Gasteiger partial charge in [0.1, 0.15) is 10.2 Å². The maximum absolute atomic E-state index is 12.6. The minimum Gasteiger partial charge on any atom is -0.218 e. The Balaban J connectivity index is 2.18. The Bertz CT molecular complexity index is 617. The minimum atomic E-state index is -4.59. The van der Waals surface area contributed by atoms with E-state index < -0.39 is 12.0 Å². The monoisotopic (exact) mass is 318 g/mol. The number of hydrogen-bond donors (Lipinski definition) is 0. The number of aromatic nitrogens is 2. The van der Waals surface area contributed by atoms with E-state index in [4.69, 9.17) is 11.6 Å². The number of alkyl halides is 3. The van der Waals surface area contributed by atoms with Crippen LogP contribution in [0.1, 0.15) is 17.0 Å². The van der Waals surface area contributed by atoms with Gasteiger partial charge in [0.25, 0.3) is 0 Å². The Kier molecular flexibility index (Phi) is 4.55. The van der Waals surface area contributed by atoms with E-state index in [-0.39, 0.29) is 10.2 Å². The first-order chi connectivity index (χ1) is 9.36. The van der Waals surface area contributed by atoms with E-state index in [0.717, 1.165) is 11.1 Å². The average Bonchev–Trinajstić information content (AvgIpc) is 2.36. The summed E-state index contributed by atoms with van der Waals surface area (Å²) in [5.74, 6) is -0.686. The maximum Gasteiger partial charge on any atom is 0.451 e. The quantitative estimate of drug-likeness (QED) is 0.603. The molecule has 1 aromatic carbocycles. The highest BCUT2D eigenvalue weighted by Gasteiger charge is 2.35. The zero-order chi connectivity index (χ0) is 14.8. The number of halogens is 4. The van der Waals surface area contributed by atoms with Crippen LogP contribution >= 0.6 is 23.4 Å². The Hall–Kier alpha value is -1.27. The molecule has 0 radical (unpaired) electrons. The van der Waals surface area contributed by atoms with Crippen molar-refractivity contribution >= 4 is 23.4 Å². The van der Waals surface area contributed by atoms with Crippen molar-refractivity contribution in [2.45, 2.75) is 23.9 Å². The zero-order valence-electron chi connectivity index (χ0n) is 10.4. The molecule has 0 aliphatic heterocycles. The fourth-order valence-electron chi connectivity index (χ4n) is 1.52. The number of hydrogen-bond acceptors (Lipinski definition) is 3. The van der Waals surface area contributed by atoms with Crippen LogP contribution in [-0.4, -0.2) is 9.97 Å². The van der Waals surface area contributed by atoms with Gasteiger partial charge in [-0.1, -0.05) is 35.9 Å². The summed E-state index contributed by atoms with van der Waals surface area (Å²) in [6, 6.07) is 9.00. The SMILES string of the molecule is Cc1ccccc1CSc1cc(Cl)nc(C(F)(F)F)n1. The van der Waals surface area contributed by atoms with Gasteiger partial charge in [-0.2, -0.15) is 13.2 Å². The molecule has 2 rings (SSSR count). The number of thioether (sulfide) groups is 1. The summed E-state index contributed by atoms with van der Waals surface area (Å²) >= 11 is 6.80. The second-order valence-electron chi connectivity index (χ2n) is 4.07. The number of benzene rings is 1. The van der Waals surface area contributed by atoms with Crippen molar-refractivity contribution < 1.29 is 13.2 Å². The summed E-state index contributed by atoms with van der Waals surface area (Å²) in [7, 11) is 0. The van der Waals surface area contributed by atoms with E-state index in [0.29, 0.717) is 5.75 Å². The highest BCUT2D eigenvalue weighted by Crippen LogP contribution is 2.30. The van der Waals surface area contributed by atoms with Crippen molar-refractivity contribution in [2.75, 3.05) is 0 Å². The molecule has 7 heteroatoms. The first-order valence-corrected chi connectivity index (χ1v) is 7.01. The van der Waals surface area contributed by atoms with E-state index in [9.17, 15) is 13.2 Å². The second kappa shape index (κ2) is 6.01. The molecule has 0 N–H and O–H groups in total. The van der Waals surface area contributed by atoms with Crippen molar-refractivity contribution in [1.29, 1.82) is 0 Å². The predicted molar refractivity (Wildman–Crippen MR) is 72.8 cm³/mol. The van der Waals surface area contributed by atoms with Gasteiger partial charge >= 0.3 is 6.18 Å². The van der Waals surface area contributed by atoms with Crippen LogP contribution in [0.25, 0.3) is 0 Å². The summed E-state index contributed by atoms with van der Waals surface area (Å²) < 4.78 is 37.7. The molecule has 1 aromatic heterocycles. The van der Waals surface area contributed by atoms with Gasteiger partial charge in [0.15, 0.2) is 0 Å². The molecule has 0 bridgehead atoms. The van der Waals surface area contributed by atoms with E-state index in [1.54, 1.807) is 0 Å². The standard InChI is InChI=1S/C13H10ClF3N2S/c1-8-4-2-3-5-9(8)7-20-11-6-10(14)18-12(19-11)13(15,16)17/h2-6H,7H2,1H3. The lowest BCUT2D eigenvalue weighted by Gasteiger charge is -2.08. The van der Waals surface area contributed by atoms with Crippen LogP contribution in [0.3, 0.4) is 0 Å². The van der Waals surface area contributed by atoms with Gasteiger partial charge in [0.2, 0.25) is 5.82 Å². The number of nitrogens with zero attached hydrogens (tertiary/aromatic N) is 2. The van der Waals surface area contributed by atoms with Crippen molar-refractivity contribution in [3.05, 3.63) is 52.4 Å². The molecule has 1 heterocycles. The molecule has 0 saturated heterocycles. The number of aryl methyl sites for hydroxylation is 1. The maximum atomic E-state index is 12.6. The Labute approximate surface area is 123 Å². The molecule has 20 heavy (non-hydrogen) atoms. The van der Waals surface area contributed by atoms with E-state index in [2.05, 4.69) is 9.97 Å². The van der Waals surface area contributed by atoms with Crippen molar-refractivity contribution in [2.24, 2.45) is 0 Å². The molecule has 0 aliphatic rings. The van der Waals surface area contributed by atoms with E-state index in [1.165, 1.54) is 17.8 Å². The van der Waals surface area contributed by atoms with Crippen molar-refractivity contribution in [3.8, 4) is 0 Å². The van der Waals surface area contributed by atoms with E-state index in [1.807, 2.05) is 31.2 Å². The summed E-state index contributed by atoms with van der Waals surface area (Å²) in [5.41, 5.74) is 2.12. The fraction of sp³-hybridized carbons (Fsp3) is 0.231. The summed E-state index contributed by atoms with van der Waals surface area (Å²) in [6.45, 7) is 1.95. The highest BCUT2D eigenvalue weighted by molar-refractivity contribution is 7.98. The third-order valence-electron chi connectivity index (χ3n) is 2.56. The van der Waals surface area contributed by atoms with Gasteiger partial charge in [0.05, 0.1) is 0 Å². The molecule has 2 aromatic rings. The summed E-state index contributed by atoms with van der Waals surface area (Å²) in [5, 5.41) is 0.000173. The molecular formula is C13H10ClF3N2S. The molecule has 0 atom stereocenters. The summed E-state index contributed by atoms with van der Waals surface area (Å²) in [6.07, 6.45) is -4.59. The van der Waals surface area contributed by atoms with Crippen molar-refractivity contribution in [3.63, 3.8) is 0 Å². The lowest BCUT2D eigenvalue weighted by atomic mass is 10.1. The van der Waals surface area contributed by atoms with E-state index >= 15 is 0 Å². The molecular weight excluding hydrogens is 309 g/mol. The second-order valence-corrected chi connectivity index (χ2v) is 5.45. The molecule has 0 unspecified atom stereocenters. The van der Waals surface area contributed by atoms with Crippen LogP contribution < -0.4 is 0 Å². The molecule has 0 fully saturated rings. The molecule has 2 nitrogen and oxygen atoms in total. The molecule has 0 spiro atoms. The first-order valence-electron chi connectivity index (χ1n) is 5.65. The van der Waals surface area contributed by atoms with Gasteiger partial charge < -0.3 is 0 Å². The van der Waals surface area contributed by atoms with Crippen LogP contribution in [0.15, 0.2) is 35.4 Å². The topological polar surface area (TPSA) is 25.8 Å². The Morgan fingerprint density at radius 2 is 1.90 bits per heavy atom. The van der Waals surface area contributed by atoms with Gasteiger partial charge in [0, 0.05) is 11.8 Å². The van der Waals surface area contributed by atoms with Crippen LogP contribution in [0.5, 0.6) is 0 Å². The molecule has 0 amide bonds. The Morgan fingerprint density at radius 3 is 2.55 bits per heavy atom. The highest BCUT2D eigenvalue weighted by atomic mass is 35.5. The van der Waals surface area contributed by atoms with Crippen LogP contribution in [-0.2, 0) is 11.9 Å². The van der Waals surface area contributed by atoms with Gasteiger partial charge in [-0.3, -0.25) is 0 Å². The molecule has 0 saturated carbocycles. The third kappa shape index (κ3) is 3.86. The normalized spacial score (nSPS) is 11.7. The van der Waals surface area contributed by atoms with Crippen LogP contribution in [0, 0.1) is 6.92 Å². The first kappa shape index (κ1) is 15.1. The number of rotatable bonds is 3. The minimum absolute atomic E-state index is 0.209.